The van der Waals surface area contributed by atoms with Crippen molar-refractivity contribution in [3.63, 3.8) is 0 Å². The predicted molar refractivity (Wildman–Crippen MR) is 74.7 cm³/mol. The van der Waals surface area contributed by atoms with Crippen LogP contribution in [0.4, 0.5) is 5.69 Å². The second-order valence-electron chi connectivity index (χ2n) is 4.45. The molecule has 0 saturated carbocycles. The molecular weight excluding hydrogens is 258 g/mol. The van der Waals surface area contributed by atoms with Gasteiger partial charge in [-0.3, -0.25) is 4.68 Å². The molecule has 2 rings (SSSR count). The fraction of sp³-hybridized carbons (Fsp3) is 0.286. The third-order valence-electron chi connectivity index (χ3n) is 3.03. The van der Waals surface area contributed by atoms with Crippen LogP contribution < -0.4 is 10.5 Å². The molecular formula is C14H17N3O3. The summed E-state index contributed by atoms with van der Waals surface area (Å²) in [6, 6.07) is 6.57. The lowest BCUT2D eigenvalue weighted by molar-refractivity contribution is 0.0697. The van der Waals surface area contributed by atoms with Gasteiger partial charge in [-0.25, -0.2) is 4.79 Å². The molecule has 1 heterocycles. The van der Waals surface area contributed by atoms with Crippen LogP contribution in [-0.2, 0) is 20.1 Å². The summed E-state index contributed by atoms with van der Waals surface area (Å²) in [4.78, 5) is 11.0. The number of hydrogen-bond acceptors (Lipinski definition) is 4. The maximum atomic E-state index is 11.0. The number of aromatic carboxylic acids is 1. The van der Waals surface area contributed by atoms with Crippen LogP contribution in [0.25, 0.3) is 0 Å². The van der Waals surface area contributed by atoms with Crippen molar-refractivity contribution in [3.8, 4) is 5.75 Å². The molecule has 0 atom stereocenters. The molecule has 0 fully saturated rings. The van der Waals surface area contributed by atoms with Crippen molar-refractivity contribution in [3.05, 3.63) is 41.2 Å². The highest BCUT2D eigenvalue weighted by atomic mass is 16.5. The number of nitrogens with two attached hydrogens (primary N) is 1. The van der Waals surface area contributed by atoms with Crippen molar-refractivity contribution in [1.29, 1.82) is 0 Å². The Labute approximate surface area is 116 Å². The summed E-state index contributed by atoms with van der Waals surface area (Å²) in [6.45, 7) is 2.36. The number of anilines is 1. The maximum absolute atomic E-state index is 11.0. The molecule has 3 N–H and O–H groups in total. The molecule has 0 amide bonds. The zero-order valence-electron chi connectivity index (χ0n) is 11.5. The third-order valence-corrected chi connectivity index (χ3v) is 3.03. The summed E-state index contributed by atoms with van der Waals surface area (Å²) in [7, 11) is 1.85. The van der Waals surface area contributed by atoms with Gasteiger partial charge < -0.3 is 15.6 Å². The van der Waals surface area contributed by atoms with E-state index in [1.54, 1.807) is 10.7 Å². The molecule has 0 bridgehead atoms. The second kappa shape index (κ2) is 5.64. The number of nitrogen functional groups attached to an aromatic ring is 1. The topological polar surface area (TPSA) is 90.4 Å². The van der Waals surface area contributed by atoms with Crippen LogP contribution >= 0.6 is 0 Å². The largest absolute Gasteiger partial charge is 0.487 e. The van der Waals surface area contributed by atoms with Crippen LogP contribution in [0.15, 0.2) is 24.3 Å². The number of benzene rings is 1. The number of carboxylic acid groups (broad SMARTS) is 1. The first-order valence-electron chi connectivity index (χ1n) is 6.28. The van der Waals surface area contributed by atoms with E-state index in [0.717, 1.165) is 17.8 Å². The van der Waals surface area contributed by atoms with E-state index in [0.29, 0.717) is 12.4 Å². The molecule has 6 nitrogen and oxygen atoms in total. The smallest absolute Gasteiger partial charge is 0.337 e. The van der Waals surface area contributed by atoms with Gasteiger partial charge in [0.1, 0.15) is 12.4 Å². The highest BCUT2D eigenvalue weighted by Gasteiger charge is 2.10. The number of rotatable bonds is 5. The van der Waals surface area contributed by atoms with E-state index in [1.807, 2.05) is 20.0 Å². The molecule has 0 aliphatic heterocycles. The molecule has 0 radical (unpaired) electrons. The Morgan fingerprint density at radius 3 is 2.80 bits per heavy atom. The lowest BCUT2D eigenvalue weighted by Gasteiger charge is -2.08. The zero-order chi connectivity index (χ0) is 14.7. The molecule has 20 heavy (non-hydrogen) atoms. The Balaban J connectivity index is 2.12. The van der Waals surface area contributed by atoms with Gasteiger partial charge in [-0.05, 0) is 30.7 Å². The molecule has 6 heteroatoms. The Morgan fingerprint density at radius 1 is 1.45 bits per heavy atom. The van der Waals surface area contributed by atoms with E-state index in [2.05, 4.69) is 5.10 Å². The molecule has 2 aromatic rings. The monoisotopic (exact) mass is 275 g/mol. The van der Waals surface area contributed by atoms with Crippen molar-refractivity contribution >= 4 is 11.7 Å². The number of aromatic nitrogens is 2. The van der Waals surface area contributed by atoms with E-state index < -0.39 is 5.97 Å². The van der Waals surface area contributed by atoms with Crippen molar-refractivity contribution in [2.75, 3.05) is 5.73 Å². The fourth-order valence-corrected chi connectivity index (χ4v) is 1.85. The van der Waals surface area contributed by atoms with Crippen molar-refractivity contribution < 1.29 is 14.6 Å². The van der Waals surface area contributed by atoms with Crippen molar-refractivity contribution in [2.45, 2.75) is 20.0 Å². The highest BCUT2D eigenvalue weighted by Crippen LogP contribution is 2.20. The van der Waals surface area contributed by atoms with Crippen molar-refractivity contribution in [1.82, 2.24) is 9.78 Å². The van der Waals surface area contributed by atoms with Gasteiger partial charge in [0.2, 0.25) is 0 Å². The van der Waals surface area contributed by atoms with Gasteiger partial charge in [0.15, 0.2) is 0 Å². The van der Waals surface area contributed by atoms with Crippen LogP contribution in [0.1, 0.15) is 28.7 Å². The van der Waals surface area contributed by atoms with Gasteiger partial charge in [0.05, 0.1) is 17.0 Å². The molecule has 106 valence electrons. The van der Waals surface area contributed by atoms with Crippen LogP contribution in [0.5, 0.6) is 5.75 Å². The minimum absolute atomic E-state index is 0.0433. The lowest BCUT2D eigenvalue weighted by atomic mass is 10.2. The van der Waals surface area contributed by atoms with Gasteiger partial charge >= 0.3 is 5.97 Å². The van der Waals surface area contributed by atoms with E-state index >= 15 is 0 Å². The lowest BCUT2D eigenvalue weighted by Crippen LogP contribution is -2.05. The van der Waals surface area contributed by atoms with Crippen LogP contribution in [0.2, 0.25) is 0 Å². The fourth-order valence-electron chi connectivity index (χ4n) is 1.85. The second-order valence-corrected chi connectivity index (χ2v) is 4.45. The number of carboxylic acids is 1. The Hall–Kier alpha value is -2.50. The summed E-state index contributed by atoms with van der Waals surface area (Å²) in [5, 5.41) is 13.3. The Bertz CT molecular complexity index is 635. The number of nitrogens with zero attached hydrogens (tertiary/aromatic N) is 2. The summed E-state index contributed by atoms with van der Waals surface area (Å²) in [5.41, 5.74) is 7.78. The van der Waals surface area contributed by atoms with Gasteiger partial charge in [0, 0.05) is 12.7 Å². The van der Waals surface area contributed by atoms with Gasteiger partial charge in [-0.2, -0.15) is 5.10 Å². The maximum Gasteiger partial charge on any atom is 0.337 e. The molecule has 0 spiro atoms. The highest BCUT2D eigenvalue weighted by molar-refractivity contribution is 5.94. The first-order chi connectivity index (χ1) is 9.51. The van der Waals surface area contributed by atoms with Crippen LogP contribution in [0.3, 0.4) is 0 Å². The first kappa shape index (κ1) is 13.9. The molecule has 1 aromatic heterocycles. The first-order valence-corrected chi connectivity index (χ1v) is 6.28. The molecule has 0 aliphatic rings. The average molecular weight is 275 g/mol. The minimum atomic E-state index is -1.07. The molecule has 1 aromatic carbocycles. The molecule has 0 saturated heterocycles. The standard InChI is InChI=1S/C14H17N3O3/c1-3-9-6-10(17(2)16-9)8-20-11-4-5-13(15)12(7-11)14(18)19/h4-7H,3,8,15H2,1-2H3,(H,18,19). The Morgan fingerprint density at radius 2 is 2.20 bits per heavy atom. The SMILES string of the molecule is CCc1cc(COc2ccc(N)c(C(=O)O)c2)n(C)n1. The van der Waals surface area contributed by atoms with Crippen LogP contribution in [0, 0.1) is 0 Å². The minimum Gasteiger partial charge on any atom is -0.487 e. The number of aryl methyl sites for hydroxylation is 2. The average Bonchev–Trinajstić information content (AvgIpc) is 2.78. The summed E-state index contributed by atoms with van der Waals surface area (Å²) in [5.74, 6) is -0.599. The van der Waals surface area contributed by atoms with E-state index in [4.69, 9.17) is 15.6 Å². The van der Waals surface area contributed by atoms with Crippen LogP contribution in [-0.4, -0.2) is 20.9 Å². The number of ether oxygens (including phenoxy) is 1. The van der Waals surface area contributed by atoms with E-state index in [9.17, 15) is 4.79 Å². The Kier molecular flexibility index (Phi) is 3.93. The van der Waals surface area contributed by atoms with Gasteiger partial charge in [-0.1, -0.05) is 6.92 Å². The zero-order valence-corrected chi connectivity index (χ0v) is 11.5. The summed E-state index contributed by atoms with van der Waals surface area (Å²) >= 11 is 0. The van der Waals surface area contributed by atoms with Gasteiger partial charge in [0.25, 0.3) is 0 Å². The summed E-state index contributed by atoms with van der Waals surface area (Å²) < 4.78 is 7.35. The number of hydrogen-bond donors (Lipinski definition) is 2. The van der Waals surface area contributed by atoms with Gasteiger partial charge in [-0.15, -0.1) is 0 Å². The van der Waals surface area contributed by atoms with E-state index in [1.165, 1.54) is 12.1 Å². The predicted octanol–water partition coefficient (Wildman–Crippen LogP) is 1.84. The summed E-state index contributed by atoms with van der Waals surface area (Å²) in [6.07, 6.45) is 0.860. The quantitative estimate of drug-likeness (QED) is 0.812. The number of carbonyl (C=O) groups is 1. The third kappa shape index (κ3) is 2.90. The normalized spacial score (nSPS) is 10.5. The molecule has 0 aliphatic carbocycles. The molecule has 0 unspecified atom stereocenters. The van der Waals surface area contributed by atoms with Crippen molar-refractivity contribution in [2.24, 2.45) is 7.05 Å². The van der Waals surface area contributed by atoms with E-state index in [-0.39, 0.29) is 11.3 Å².